The van der Waals surface area contributed by atoms with Crippen LogP contribution in [0.1, 0.15) is 56.7 Å². The molecular weight excluding hydrogens is 470 g/mol. The van der Waals surface area contributed by atoms with Gasteiger partial charge in [-0.1, -0.05) is 17.7 Å². The normalized spacial score (nSPS) is 11.0. The molecular formula is C26H32ClN3O5. The van der Waals surface area contributed by atoms with E-state index in [0.29, 0.717) is 36.1 Å². The number of carbonyl (C=O) groups is 3. The van der Waals surface area contributed by atoms with Gasteiger partial charge in [0, 0.05) is 27.6 Å². The van der Waals surface area contributed by atoms with Crippen molar-refractivity contribution in [3.63, 3.8) is 0 Å². The van der Waals surface area contributed by atoms with Gasteiger partial charge in [0.05, 0.1) is 30.4 Å². The number of unbranched alkanes of at least 4 members (excludes halogenated alkanes) is 1. The maximum atomic E-state index is 12.6. The second-order valence-electron chi connectivity index (χ2n) is 7.75. The van der Waals surface area contributed by atoms with Crippen LogP contribution < -0.4 is 25.4 Å². The van der Waals surface area contributed by atoms with E-state index in [0.717, 1.165) is 16.7 Å². The first-order valence-corrected chi connectivity index (χ1v) is 11.5. The van der Waals surface area contributed by atoms with Crippen LogP contribution in [-0.4, -0.2) is 53.1 Å². The zero-order chi connectivity index (χ0) is 26.1. The summed E-state index contributed by atoms with van der Waals surface area (Å²) < 4.78 is 10.8. The van der Waals surface area contributed by atoms with Crippen molar-refractivity contribution >= 4 is 34.9 Å². The quantitative estimate of drug-likeness (QED) is 0.430. The Balaban J connectivity index is 2.73. The van der Waals surface area contributed by atoms with Gasteiger partial charge in [0.2, 0.25) is 5.91 Å². The summed E-state index contributed by atoms with van der Waals surface area (Å²) in [5.41, 5.74) is 3.60. The van der Waals surface area contributed by atoms with Crippen LogP contribution in [0.25, 0.3) is 5.57 Å². The molecule has 2 aromatic carbocycles. The van der Waals surface area contributed by atoms with Crippen molar-refractivity contribution in [2.75, 3.05) is 35.4 Å². The van der Waals surface area contributed by atoms with Gasteiger partial charge >= 0.3 is 0 Å². The molecule has 2 rings (SSSR count). The van der Waals surface area contributed by atoms with Crippen LogP contribution in [0.5, 0.6) is 11.5 Å². The number of ether oxygens (including phenoxy) is 2. The summed E-state index contributed by atoms with van der Waals surface area (Å²) >= 11 is 6.50. The standard InChI is InChI=1S/C26H32ClN3O5/c1-15-11-16(12-19(23(15)34-5)25(32)29-3)18(9-7-8-10-22(31)28-2)17-13-20(26(33)30-4)24(35-6)21(27)14-17/h9,11-14H,7-8,10H2,1-6H3,(H,28,31)(H,29,32)(H,30,33)/b18-9+. The molecule has 188 valence electrons. The number of aryl methyl sites for hydroxylation is 1. The maximum absolute atomic E-state index is 12.6. The van der Waals surface area contributed by atoms with Crippen LogP contribution in [0, 0.1) is 6.92 Å². The minimum atomic E-state index is -0.346. The lowest BCUT2D eigenvalue weighted by molar-refractivity contribution is -0.120. The van der Waals surface area contributed by atoms with Crippen molar-refractivity contribution in [2.24, 2.45) is 0 Å². The predicted molar refractivity (Wildman–Crippen MR) is 138 cm³/mol. The number of hydrogen-bond acceptors (Lipinski definition) is 5. The van der Waals surface area contributed by atoms with E-state index in [9.17, 15) is 14.4 Å². The highest BCUT2D eigenvalue weighted by Gasteiger charge is 2.21. The van der Waals surface area contributed by atoms with E-state index in [-0.39, 0.29) is 34.1 Å². The highest BCUT2D eigenvalue weighted by molar-refractivity contribution is 6.33. The van der Waals surface area contributed by atoms with Crippen LogP contribution in [0.4, 0.5) is 0 Å². The topological polar surface area (TPSA) is 106 Å². The molecule has 0 aliphatic carbocycles. The van der Waals surface area contributed by atoms with Crippen molar-refractivity contribution in [3.05, 3.63) is 63.2 Å². The summed E-state index contributed by atoms with van der Waals surface area (Å²) in [6.07, 6.45) is 3.55. The number of allylic oxidation sites excluding steroid dienone is 1. The number of nitrogens with one attached hydrogen (secondary N) is 3. The van der Waals surface area contributed by atoms with Crippen molar-refractivity contribution in [1.82, 2.24) is 16.0 Å². The fraction of sp³-hybridized carbons (Fsp3) is 0.346. The Labute approximate surface area is 211 Å². The molecule has 0 atom stereocenters. The third-order valence-corrected chi connectivity index (χ3v) is 5.81. The molecule has 9 heteroatoms. The van der Waals surface area contributed by atoms with Crippen LogP contribution >= 0.6 is 11.6 Å². The fourth-order valence-electron chi connectivity index (χ4n) is 3.80. The van der Waals surface area contributed by atoms with Crippen LogP contribution in [0.2, 0.25) is 5.02 Å². The number of rotatable bonds is 10. The molecule has 3 amide bonds. The van der Waals surface area contributed by atoms with E-state index >= 15 is 0 Å². The van der Waals surface area contributed by atoms with Crippen molar-refractivity contribution in [1.29, 1.82) is 0 Å². The fourth-order valence-corrected chi connectivity index (χ4v) is 4.10. The number of amides is 3. The highest BCUT2D eigenvalue weighted by Crippen LogP contribution is 2.37. The molecule has 0 radical (unpaired) electrons. The minimum absolute atomic E-state index is 0.0449. The number of carbonyl (C=O) groups excluding carboxylic acids is 3. The lowest BCUT2D eigenvalue weighted by Crippen LogP contribution is -2.19. The smallest absolute Gasteiger partial charge is 0.254 e. The Morgan fingerprint density at radius 2 is 1.40 bits per heavy atom. The Kier molecular flexibility index (Phi) is 10.1. The Morgan fingerprint density at radius 3 is 1.91 bits per heavy atom. The van der Waals surface area contributed by atoms with Gasteiger partial charge in [0.25, 0.3) is 11.8 Å². The second-order valence-corrected chi connectivity index (χ2v) is 8.16. The lowest BCUT2D eigenvalue weighted by Gasteiger charge is -2.18. The molecule has 3 N–H and O–H groups in total. The largest absolute Gasteiger partial charge is 0.496 e. The average Bonchev–Trinajstić information content (AvgIpc) is 2.86. The zero-order valence-corrected chi connectivity index (χ0v) is 21.7. The van der Waals surface area contributed by atoms with Gasteiger partial charge in [-0.15, -0.1) is 0 Å². The number of methoxy groups -OCH3 is 2. The molecule has 0 saturated carbocycles. The van der Waals surface area contributed by atoms with Gasteiger partial charge in [-0.25, -0.2) is 0 Å². The van der Waals surface area contributed by atoms with Crippen molar-refractivity contribution in [2.45, 2.75) is 26.2 Å². The van der Waals surface area contributed by atoms with E-state index in [4.69, 9.17) is 21.1 Å². The summed E-state index contributed by atoms with van der Waals surface area (Å²) in [4.78, 5) is 36.8. The zero-order valence-electron chi connectivity index (χ0n) is 20.9. The third-order valence-electron chi connectivity index (χ3n) is 5.53. The maximum Gasteiger partial charge on any atom is 0.254 e. The van der Waals surface area contributed by atoms with E-state index in [1.807, 2.05) is 19.1 Å². The molecule has 0 saturated heterocycles. The van der Waals surface area contributed by atoms with E-state index in [1.165, 1.54) is 21.3 Å². The van der Waals surface area contributed by atoms with Gasteiger partial charge in [0.15, 0.2) is 0 Å². The number of halogens is 1. The van der Waals surface area contributed by atoms with Crippen molar-refractivity contribution in [3.8, 4) is 11.5 Å². The van der Waals surface area contributed by atoms with E-state index in [2.05, 4.69) is 16.0 Å². The molecule has 8 nitrogen and oxygen atoms in total. The monoisotopic (exact) mass is 501 g/mol. The van der Waals surface area contributed by atoms with E-state index < -0.39 is 0 Å². The Bertz CT molecular complexity index is 1070. The van der Waals surface area contributed by atoms with Gasteiger partial charge < -0.3 is 25.4 Å². The van der Waals surface area contributed by atoms with Crippen molar-refractivity contribution < 1.29 is 23.9 Å². The molecule has 2 aromatic rings. The van der Waals surface area contributed by atoms with Gasteiger partial charge in [-0.2, -0.15) is 0 Å². The Hall–Kier alpha value is -3.52. The second kappa shape index (κ2) is 12.8. The van der Waals surface area contributed by atoms with Gasteiger partial charge in [0.1, 0.15) is 11.5 Å². The molecule has 0 spiro atoms. The summed E-state index contributed by atoms with van der Waals surface area (Å²) in [6.45, 7) is 1.86. The molecule has 0 aliphatic rings. The highest BCUT2D eigenvalue weighted by atomic mass is 35.5. The molecule has 0 fully saturated rings. The number of hydrogen-bond donors (Lipinski definition) is 3. The van der Waals surface area contributed by atoms with Crippen LogP contribution in [-0.2, 0) is 4.79 Å². The average molecular weight is 502 g/mol. The molecule has 0 aliphatic heterocycles. The first kappa shape index (κ1) is 27.7. The third kappa shape index (κ3) is 6.54. The summed E-state index contributed by atoms with van der Waals surface area (Å²) in [5, 5.41) is 8.14. The van der Waals surface area contributed by atoms with Crippen LogP contribution in [0.15, 0.2) is 30.3 Å². The summed E-state index contributed by atoms with van der Waals surface area (Å²) in [5.74, 6) is 0.0687. The molecule has 0 unspecified atom stereocenters. The SMILES string of the molecule is CNC(=O)CCC/C=C(\c1cc(C)c(OC)c(C(=O)NC)c1)c1cc(Cl)c(OC)c(C(=O)NC)c1. The molecule has 35 heavy (non-hydrogen) atoms. The number of benzene rings is 2. The first-order chi connectivity index (χ1) is 16.7. The van der Waals surface area contributed by atoms with Crippen LogP contribution in [0.3, 0.4) is 0 Å². The Morgan fingerprint density at radius 1 is 0.857 bits per heavy atom. The molecule has 0 aromatic heterocycles. The molecule has 0 bridgehead atoms. The minimum Gasteiger partial charge on any atom is -0.496 e. The van der Waals surface area contributed by atoms with E-state index in [1.54, 1.807) is 32.3 Å². The van der Waals surface area contributed by atoms with Gasteiger partial charge in [-0.05, 0) is 66.3 Å². The molecule has 0 heterocycles. The predicted octanol–water partition coefficient (Wildman–Crippen LogP) is 3.73. The summed E-state index contributed by atoms with van der Waals surface area (Å²) in [7, 11) is 7.65. The first-order valence-electron chi connectivity index (χ1n) is 11.1. The summed E-state index contributed by atoms with van der Waals surface area (Å²) in [6, 6.07) is 7.07. The lowest BCUT2D eigenvalue weighted by atomic mass is 9.91. The van der Waals surface area contributed by atoms with Gasteiger partial charge in [-0.3, -0.25) is 14.4 Å².